The molecule has 6 N–H and O–H groups in total. The van der Waals surface area contributed by atoms with Crippen LogP contribution in [0.15, 0.2) is 11.0 Å². The molecule has 124 valence electrons. The van der Waals surface area contributed by atoms with Crippen LogP contribution in [0, 0.1) is 6.92 Å². The molecule has 2 unspecified atom stereocenters. The Labute approximate surface area is 124 Å². The topological polar surface area (TPSA) is 177 Å². The number of phosphoric acid groups is 1. The number of rotatable bonds is 4. The molecule has 2 rings (SSSR count). The monoisotopic (exact) mass is 337 g/mol. The number of hydrogen-bond donors (Lipinski definition) is 5. The summed E-state index contributed by atoms with van der Waals surface area (Å²) in [6, 6.07) is 0. The van der Waals surface area contributed by atoms with Crippen molar-refractivity contribution in [3.63, 3.8) is 0 Å². The molecule has 22 heavy (non-hydrogen) atoms. The van der Waals surface area contributed by atoms with Gasteiger partial charge < -0.3 is 30.5 Å². The van der Waals surface area contributed by atoms with E-state index in [1.807, 2.05) is 0 Å². The van der Waals surface area contributed by atoms with Gasteiger partial charge in [-0.3, -0.25) is 9.09 Å². The fraction of sp³-hybridized carbons (Fsp3) is 0.600. The number of phosphoric ester groups is 1. The molecule has 0 radical (unpaired) electrons. The summed E-state index contributed by atoms with van der Waals surface area (Å²) < 4.78 is 21.1. The number of nitrogens with zero attached hydrogens (tertiary/aromatic N) is 2. The van der Waals surface area contributed by atoms with Gasteiger partial charge in [-0.25, -0.2) is 9.36 Å². The van der Waals surface area contributed by atoms with Crippen molar-refractivity contribution in [3.05, 3.63) is 22.2 Å². The second-order valence-electron chi connectivity index (χ2n) is 4.83. The predicted octanol–water partition coefficient (Wildman–Crippen LogP) is -2.14. The lowest BCUT2D eigenvalue weighted by Gasteiger charge is -2.18. The van der Waals surface area contributed by atoms with Gasteiger partial charge >= 0.3 is 13.5 Å². The van der Waals surface area contributed by atoms with Crippen LogP contribution in [0.1, 0.15) is 11.8 Å². The Kier molecular flexibility index (Phi) is 4.68. The number of aliphatic hydroxyl groups excluding tert-OH is 2. The molecule has 1 aliphatic rings. The number of aryl methyl sites for hydroxylation is 1. The predicted molar refractivity (Wildman–Crippen MR) is 71.6 cm³/mol. The van der Waals surface area contributed by atoms with Crippen molar-refractivity contribution in [2.45, 2.75) is 31.5 Å². The van der Waals surface area contributed by atoms with Crippen LogP contribution >= 0.6 is 7.82 Å². The average Bonchev–Trinajstić information content (AvgIpc) is 2.68. The zero-order valence-electron chi connectivity index (χ0n) is 11.4. The van der Waals surface area contributed by atoms with E-state index in [1.165, 1.54) is 6.20 Å². The van der Waals surface area contributed by atoms with Gasteiger partial charge in [-0.05, 0) is 6.92 Å². The van der Waals surface area contributed by atoms with Crippen molar-refractivity contribution >= 4 is 13.6 Å². The second kappa shape index (κ2) is 6.05. The van der Waals surface area contributed by atoms with E-state index in [1.54, 1.807) is 6.92 Å². The lowest BCUT2D eigenvalue weighted by Crippen LogP contribution is -2.36. The minimum atomic E-state index is -4.75. The molecule has 0 aromatic carbocycles. The van der Waals surface area contributed by atoms with Crippen molar-refractivity contribution < 1.29 is 33.8 Å². The highest BCUT2D eigenvalue weighted by atomic mass is 31.2. The minimum Gasteiger partial charge on any atom is -0.387 e. The van der Waals surface area contributed by atoms with Gasteiger partial charge in [0.05, 0.1) is 6.61 Å². The molecule has 0 aliphatic carbocycles. The number of nitrogen functional groups attached to an aromatic ring is 1. The largest absolute Gasteiger partial charge is 0.469 e. The van der Waals surface area contributed by atoms with E-state index < -0.39 is 44.7 Å². The van der Waals surface area contributed by atoms with Crippen LogP contribution < -0.4 is 11.4 Å². The molecular weight excluding hydrogens is 321 g/mol. The van der Waals surface area contributed by atoms with E-state index in [0.29, 0.717) is 5.56 Å². The lowest BCUT2D eigenvalue weighted by atomic mass is 10.1. The molecule has 0 spiro atoms. The van der Waals surface area contributed by atoms with Gasteiger partial charge in [-0.1, -0.05) is 0 Å². The van der Waals surface area contributed by atoms with Gasteiger partial charge in [0.25, 0.3) is 0 Å². The van der Waals surface area contributed by atoms with E-state index in [9.17, 15) is 19.6 Å². The minimum absolute atomic E-state index is 0.0238. The van der Waals surface area contributed by atoms with E-state index in [-0.39, 0.29) is 5.82 Å². The van der Waals surface area contributed by atoms with Crippen molar-refractivity contribution in [1.82, 2.24) is 9.55 Å². The van der Waals surface area contributed by atoms with Crippen LogP contribution in [0.4, 0.5) is 5.82 Å². The Morgan fingerprint density at radius 2 is 2.09 bits per heavy atom. The first-order valence-electron chi connectivity index (χ1n) is 6.17. The van der Waals surface area contributed by atoms with Gasteiger partial charge in [0.2, 0.25) is 0 Å². The number of nitrogens with two attached hydrogens (primary N) is 1. The fourth-order valence-electron chi connectivity index (χ4n) is 2.03. The molecule has 4 atom stereocenters. The highest BCUT2D eigenvalue weighted by Crippen LogP contribution is 2.38. The fourth-order valence-corrected chi connectivity index (χ4v) is 2.37. The molecule has 2 heterocycles. The van der Waals surface area contributed by atoms with Crippen molar-refractivity contribution in [1.29, 1.82) is 0 Å². The summed E-state index contributed by atoms with van der Waals surface area (Å²) >= 11 is 0. The van der Waals surface area contributed by atoms with Crippen LogP contribution in [-0.4, -0.2) is 54.5 Å². The van der Waals surface area contributed by atoms with E-state index in [0.717, 1.165) is 4.57 Å². The highest BCUT2D eigenvalue weighted by molar-refractivity contribution is 7.46. The van der Waals surface area contributed by atoms with Crippen LogP contribution in [0.25, 0.3) is 0 Å². The van der Waals surface area contributed by atoms with Gasteiger partial charge in [-0.15, -0.1) is 0 Å². The summed E-state index contributed by atoms with van der Waals surface area (Å²) in [4.78, 5) is 32.6. The molecule has 11 nitrogen and oxygen atoms in total. The van der Waals surface area contributed by atoms with E-state index >= 15 is 0 Å². The molecule has 0 amide bonds. The molecule has 1 saturated heterocycles. The Bertz CT molecular complexity index is 658. The Morgan fingerprint density at radius 1 is 1.45 bits per heavy atom. The third kappa shape index (κ3) is 3.52. The summed E-state index contributed by atoms with van der Waals surface area (Å²) in [7, 11) is -4.75. The first-order valence-corrected chi connectivity index (χ1v) is 7.70. The zero-order valence-corrected chi connectivity index (χ0v) is 12.3. The molecule has 1 aromatic heterocycles. The Morgan fingerprint density at radius 3 is 2.68 bits per heavy atom. The maximum atomic E-state index is 11.8. The van der Waals surface area contributed by atoms with Gasteiger partial charge in [0, 0.05) is 11.8 Å². The third-order valence-corrected chi connectivity index (χ3v) is 3.68. The van der Waals surface area contributed by atoms with Crippen molar-refractivity contribution in [2.24, 2.45) is 0 Å². The summed E-state index contributed by atoms with van der Waals surface area (Å²) in [6.07, 6.45) is -4.21. The third-order valence-electron chi connectivity index (χ3n) is 3.19. The van der Waals surface area contributed by atoms with Gasteiger partial charge in [-0.2, -0.15) is 4.98 Å². The summed E-state index contributed by atoms with van der Waals surface area (Å²) in [5.41, 5.74) is 5.15. The molecule has 12 heteroatoms. The van der Waals surface area contributed by atoms with Crippen LogP contribution in [-0.2, 0) is 13.8 Å². The maximum Gasteiger partial charge on any atom is 0.469 e. The summed E-state index contributed by atoms with van der Waals surface area (Å²) in [5, 5.41) is 19.8. The van der Waals surface area contributed by atoms with E-state index in [4.69, 9.17) is 20.3 Å². The Balaban J connectivity index is 2.22. The second-order valence-corrected chi connectivity index (χ2v) is 6.07. The first kappa shape index (κ1) is 17.0. The summed E-state index contributed by atoms with van der Waals surface area (Å²) in [5.74, 6) is 0.0238. The van der Waals surface area contributed by atoms with Gasteiger partial charge in [0.15, 0.2) is 6.23 Å². The maximum absolute atomic E-state index is 11.8. The van der Waals surface area contributed by atoms with Crippen LogP contribution in [0.2, 0.25) is 0 Å². The lowest BCUT2D eigenvalue weighted by molar-refractivity contribution is -0.0542. The number of hydrogen-bond acceptors (Lipinski definition) is 8. The van der Waals surface area contributed by atoms with Crippen LogP contribution in [0.3, 0.4) is 0 Å². The molecule has 0 saturated carbocycles. The van der Waals surface area contributed by atoms with Crippen molar-refractivity contribution in [3.8, 4) is 0 Å². The quantitative estimate of drug-likeness (QED) is 0.381. The Hall–Kier alpha value is -1.33. The first-order chi connectivity index (χ1) is 10.1. The molecule has 1 fully saturated rings. The number of ether oxygens (including phenoxy) is 1. The van der Waals surface area contributed by atoms with Crippen LogP contribution in [0.5, 0.6) is 0 Å². The normalized spacial score (nSPS) is 29.0. The molecular formula is C10H16N3O8P. The average molecular weight is 337 g/mol. The zero-order chi connectivity index (χ0) is 16.7. The van der Waals surface area contributed by atoms with E-state index in [2.05, 4.69) is 9.51 Å². The summed E-state index contributed by atoms with van der Waals surface area (Å²) in [6.45, 7) is 0.930. The highest BCUT2D eigenvalue weighted by Gasteiger charge is 2.45. The number of anilines is 1. The molecule has 1 aliphatic heterocycles. The smallest absolute Gasteiger partial charge is 0.387 e. The standard InChI is InChI=1S/C10H16N3O8P/c1-4-2-13(10(16)12-8(4)11)9-7(15)6(14)5(21-9)3-20-22(17,18)19/h2,5-7,9,14-15H,3H2,1H3,(H2,11,12,16)(H2,17,18,19)/t5-,6?,7?,9-/m1/s1. The number of aliphatic hydroxyl groups is 2. The number of aromatic nitrogens is 2. The molecule has 1 aromatic rings. The SMILES string of the molecule is Cc1cn([C@@H]2O[C@H](COP(=O)(O)O)C(O)C2O)c(=O)nc1N. The van der Waals surface area contributed by atoms with Gasteiger partial charge in [0.1, 0.15) is 24.1 Å². The van der Waals surface area contributed by atoms with Crippen molar-refractivity contribution in [2.75, 3.05) is 12.3 Å². The molecule has 0 bridgehead atoms.